The van der Waals surface area contributed by atoms with Crippen molar-refractivity contribution in [2.75, 3.05) is 19.6 Å². The zero-order valence-corrected chi connectivity index (χ0v) is 14.0. The standard InChI is InChI=1S/C16H31N5/c1-5-17-16(18-10-7-6-8-14(2)3)19-11-9-15-12-20-21(4)13-15/h12-14H,5-11H2,1-4H3,(H2,17,18,19). The molecule has 0 radical (unpaired) electrons. The van der Waals surface area contributed by atoms with Crippen molar-refractivity contribution < 1.29 is 0 Å². The lowest BCUT2D eigenvalue weighted by atomic mass is 10.1. The summed E-state index contributed by atoms with van der Waals surface area (Å²) >= 11 is 0. The average molecular weight is 293 g/mol. The topological polar surface area (TPSA) is 54.2 Å². The number of rotatable bonds is 9. The average Bonchev–Trinajstić information content (AvgIpc) is 2.83. The van der Waals surface area contributed by atoms with E-state index in [1.165, 1.54) is 18.4 Å². The van der Waals surface area contributed by atoms with Gasteiger partial charge in [0, 0.05) is 32.9 Å². The van der Waals surface area contributed by atoms with Gasteiger partial charge in [0.1, 0.15) is 0 Å². The lowest BCUT2D eigenvalue weighted by Gasteiger charge is -2.11. The number of aliphatic imine (C=N–C) groups is 1. The van der Waals surface area contributed by atoms with Gasteiger partial charge in [-0.2, -0.15) is 5.10 Å². The largest absolute Gasteiger partial charge is 0.357 e. The molecule has 1 aromatic rings. The highest BCUT2D eigenvalue weighted by molar-refractivity contribution is 5.79. The second-order valence-electron chi connectivity index (χ2n) is 5.85. The molecule has 0 atom stereocenters. The van der Waals surface area contributed by atoms with Crippen molar-refractivity contribution >= 4 is 5.96 Å². The second-order valence-corrected chi connectivity index (χ2v) is 5.85. The highest BCUT2D eigenvalue weighted by Crippen LogP contribution is 2.05. The number of nitrogens with zero attached hydrogens (tertiary/aromatic N) is 3. The van der Waals surface area contributed by atoms with Gasteiger partial charge in [-0.3, -0.25) is 9.67 Å². The Morgan fingerprint density at radius 1 is 1.33 bits per heavy atom. The Morgan fingerprint density at radius 3 is 2.76 bits per heavy atom. The normalized spacial score (nSPS) is 12.0. The van der Waals surface area contributed by atoms with Crippen LogP contribution >= 0.6 is 0 Å². The third-order valence-corrected chi connectivity index (χ3v) is 3.27. The van der Waals surface area contributed by atoms with E-state index in [2.05, 4.69) is 47.7 Å². The third-order valence-electron chi connectivity index (χ3n) is 3.27. The first-order valence-electron chi connectivity index (χ1n) is 8.11. The van der Waals surface area contributed by atoms with Gasteiger partial charge in [0.15, 0.2) is 5.96 Å². The van der Waals surface area contributed by atoms with Gasteiger partial charge in [-0.15, -0.1) is 0 Å². The minimum absolute atomic E-state index is 0.792. The quantitative estimate of drug-likeness (QED) is 0.417. The summed E-state index contributed by atoms with van der Waals surface area (Å²) in [5.74, 6) is 1.71. The molecule has 2 N–H and O–H groups in total. The Kier molecular flexibility index (Phi) is 8.55. The van der Waals surface area contributed by atoms with Crippen LogP contribution in [-0.4, -0.2) is 35.4 Å². The summed E-state index contributed by atoms with van der Waals surface area (Å²) in [6.45, 7) is 9.31. The molecular weight excluding hydrogens is 262 g/mol. The van der Waals surface area contributed by atoms with Crippen molar-refractivity contribution in [1.29, 1.82) is 0 Å². The van der Waals surface area contributed by atoms with Crippen LogP contribution in [0.2, 0.25) is 0 Å². The summed E-state index contributed by atoms with van der Waals surface area (Å²) in [5.41, 5.74) is 1.25. The van der Waals surface area contributed by atoms with Crippen molar-refractivity contribution in [3.63, 3.8) is 0 Å². The second kappa shape index (κ2) is 10.2. The SMILES string of the molecule is CCNC(=NCCCCC(C)C)NCCc1cnn(C)c1. The first-order valence-corrected chi connectivity index (χ1v) is 8.11. The minimum Gasteiger partial charge on any atom is -0.357 e. The fourth-order valence-electron chi connectivity index (χ4n) is 2.12. The highest BCUT2D eigenvalue weighted by Gasteiger charge is 1.99. The molecule has 0 spiro atoms. The van der Waals surface area contributed by atoms with E-state index in [9.17, 15) is 0 Å². The molecule has 0 saturated carbocycles. The van der Waals surface area contributed by atoms with Gasteiger partial charge >= 0.3 is 0 Å². The van der Waals surface area contributed by atoms with Gasteiger partial charge in [0.2, 0.25) is 0 Å². The maximum atomic E-state index is 4.62. The lowest BCUT2D eigenvalue weighted by Crippen LogP contribution is -2.38. The predicted molar refractivity (Wildman–Crippen MR) is 89.6 cm³/mol. The van der Waals surface area contributed by atoms with E-state index in [0.717, 1.165) is 44.4 Å². The molecular formula is C16H31N5. The summed E-state index contributed by atoms with van der Waals surface area (Å²) in [6, 6.07) is 0. The van der Waals surface area contributed by atoms with Crippen LogP contribution < -0.4 is 10.6 Å². The number of hydrogen-bond acceptors (Lipinski definition) is 2. The van der Waals surface area contributed by atoms with Crippen molar-refractivity contribution in [3.05, 3.63) is 18.0 Å². The first kappa shape index (κ1) is 17.5. The summed E-state index contributed by atoms with van der Waals surface area (Å²) in [4.78, 5) is 4.62. The molecule has 5 heteroatoms. The predicted octanol–water partition coefficient (Wildman–Crippen LogP) is 2.34. The van der Waals surface area contributed by atoms with Crippen molar-refractivity contribution in [3.8, 4) is 0 Å². The van der Waals surface area contributed by atoms with Crippen molar-refractivity contribution in [1.82, 2.24) is 20.4 Å². The molecule has 0 aliphatic carbocycles. The zero-order chi connectivity index (χ0) is 15.5. The van der Waals surface area contributed by atoms with Gasteiger partial charge in [0.05, 0.1) is 6.20 Å². The Morgan fingerprint density at radius 2 is 2.14 bits per heavy atom. The van der Waals surface area contributed by atoms with Crippen LogP contribution in [0.3, 0.4) is 0 Å². The molecule has 0 aliphatic rings. The van der Waals surface area contributed by atoms with E-state index in [1.54, 1.807) is 0 Å². The van der Waals surface area contributed by atoms with Crippen LogP contribution in [0.25, 0.3) is 0 Å². The molecule has 120 valence electrons. The Bertz CT molecular complexity index is 409. The smallest absolute Gasteiger partial charge is 0.191 e. The number of aryl methyl sites for hydroxylation is 1. The molecule has 0 fully saturated rings. The lowest BCUT2D eigenvalue weighted by molar-refractivity contribution is 0.541. The van der Waals surface area contributed by atoms with Crippen molar-refractivity contribution in [2.45, 2.75) is 46.5 Å². The monoisotopic (exact) mass is 293 g/mol. The summed E-state index contributed by atoms with van der Waals surface area (Å²) in [6.07, 6.45) is 8.65. The van der Waals surface area contributed by atoms with E-state index < -0.39 is 0 Å². The van der Waals surface area contributed by atoms with Gasteiger partial charge in [-0.25, -0.2) is 0 Å². The number of hydrogen-bond donors (Lipinski definition) is 2. The van der Waals surface area contributed by atoms with Crippen molar-refractivity contribution in [2.24, 2.45) is 18.0 Å². The maximum Gasteiger partial charge on any atom is 0.191 e. The molecule has 0 unspecified atom stereocenters. The first-order chi connectivity index (χ1) is 10.1. The summed E-state index contributed by atoms with van der Waals surface area (Å²) in [7, 11) is 1.94. The Balaban J connectivity index is 2.24. The Hall–Kier alpha value is -1.52. The summed E-state index contributed by atoms with van der Waals surface area (Å²) < 4.78 is 1.84. The molecule has 1 heterocycles. The number of aromatic nitrogens is 2. The number of nitrogens with one attached hydrogen (secondary N) is 2. The zero-order valence-electron chi connectivity index (χ0n) is 14.0. The maximum absolute atomic E-state index is 4.62. The van der Waals surface area contributed by atoms with E-state index >= 15 is 0 Å². The van der Waals surface area contributed by atoms with E-state index in [-0.39, 0.29) is 0 Å². The molecule has 1 rings (SSSR count). The molecule has 0 aliphatic heterocycles. The fraction of sp³-hybridized carbons (Fsp3) is 0.750. The van der Waals surface area contributed by atoms with Crippen LogP contribution in [0.15, 0.2) is 17.4 Å². The minimum atomic E-state index is 0.792. The number of guanidine groups is 1. The van der Waals surface area contributed by atoms with Gasteiger partial charge < -0.3 is 10.6 Å². The molecule has 0 amide bonds. The van der Waals surface area contributed by atoms with Gasteiger partial charge in [-0.05, 0) is 31.2 Å². The van der Waals surface area contributed by atoms with Crippen LogP contribution in [-0.2, 0) is 13.5 Å². The molecule has 1 aromatic heterocycles. The fourth-order valence-corrected chi connectivity index (χ4v) is 2.12. The summed E-state index contributed by atoms with van der Waals surface area (Å²) in [5, 5.41) is 10.8. The molecule has 0 bridgehead atoms. The van der Waals surface area contributed by atoms with Gasteiger partial charge in [-0.1, -0.05) is 26.7 Å². The molecule has 5 nitrogen and oxygen atoms in total. The molecule has 21 heavy (non-hydrogen) atoms. The van der Waals surface area contributed by atoms with Crippen LogP contribution in [0, 0.1) is 5.92 Å². The Labute approximate surface area is 129 Å². The van der Waals surface area contributed by atoms with Crippen LogP contribution in [0.5, 0.6) is 0 Å². The number of unbranched alkanes of at least 4 members (excludes halogenated alkanes) is 1. The van der Waals surface area contributed by atoms with E-state index in [0.29, 0.717) is 0 Å². The van der Waals surface area contributed by atoms with Crippen LogP contribution in [0.1, 0.15) is 45.6 Å². The van der Waals surface area contributed by atoms with Crippen LogP contribution in [0.4, 0.5) is 0 Å². The highest BCUT2D eigenvalue weighted by atomic mass is 15.2. The molecule has 0 aromatic carbocycles. The molecule has 0 saturated heterocycles. The van der Waals surface area contributed by atoms with Gasteiger partial charge in [0.25, 0.3) is 0 Å². The third kappa shape index (κ3) is 8.38. The van der Waals surface area contributed by atoms with E-state index in [4.69, 9.17) is 0 Å². The van der Waals surface area contributed by atoms with E-state index in [1.807, 2.05) is 17.9 Å².